The van der Waals surface area contributed by atoms with Crippen molar-refractivity contribution in [3.8, 4) is 0 Å². The van der Waals surface area contributed by atoms with Crippen molar-refractivity contribution < 1.29 is 4.79 Å². The number of nitrogens with zero attached hydrogens (tertiary/aromatic N) is 1. The van der Waals surface area contributed by atoms with Crippen molar-refractivity contribution in [2.45, 2.75) is 13.1 Å². The first-order valence-corrected chi connectivity index (χ1v) is 5.83. The summed E-state index contributed by atoms with van der Waals surface area (Å²) in [7, 11) is 0. The second-order valence-electron chi connectivity index (χ2n) is 4.30. The number of amides is 1. The van der Waals surface area contributed by atoms with Crippen molar-refractivity contribution in [2.75, 3.05) is 5.32 Å². The molecule has 18 heavy (non-hydrogen) atoms. The number of pyridine rings is 1. The molecule has 4 nitrogen and oxygen atoms in total. The van der Waals surface area contributed by atoms with E-state index in [-0.39, 0.29) is 12.1 Å². The van der Waals surface area contributed by atoms with Gasteiger partial charge < -0.3 is 10.6 Å². The first kappa shape index (κ1) is 10.8. The number of para-hydroxylation sites is 1. The van der Waals surface area contributed by atoms with Crippen LogP contribution in [-0.2, 0) is 0 Å². The Labute approximate surface area is 105 Å². The highest BCUT2D eigenvalue weighted by Gasteiger charge is 2.25. The second-order valence-corrected chi connectivity index (χ2v) is 4.30. The van der Waals surface area contributed by atoms with E-state index in [1.165, 1.54) is 0 Å². The third kappa shape index (κ3) is 1.72. The summed E-state index contributed by atoms with van der Waals surface area (Å²) in [5, 5.41) is 6.22. The molecule has 1 aliphatic heterocycles. The van der Waals surface area contributed by atoms with Crippen molar-refractivity contribution in [3.63, 3.8) is 0 Å². The Morgan fingerprint density at radius 2 is 2.00 bits per heavy atom. The Bertz CT molecular complexity index is 595. The van der Waals surface area contributed by atoms with Gasteiger partial charge in [-0.3, -0.25) is 9.78 Å². The summed E-state index contributed by atoms with van der Waals surface area (Å²) in [6.45, 7) is 1.99. The van der Waals surface area contributed by atoms with E-state index in [0.717, 1.165) is 16.9 Å². The Morgan fingerprint density at radius 1 is 1.11 bits per heavy atom. The molecular weight excluding hydrogens is 226 g/mol. The van der Waals surface area contributed by atoms with Crippen LogP contribution in [0.2, 0.25) is 0 Å². The fourth-order valence-electron chi connectivity index (χ4n) is 2.13. The molecular formula is C14H13N3O. The molecule has 0 unspecified atom stereocenters. The van der Waals surface area contributed by atoms with E-state index in [1.54, 1.807) is 6.20 Å². The van der Waals surface area contributed by atoms with Crippen LogP contribution >= 0.6 is 0 Å². The zero-order chi connectivity index (χ0) is 12.5. The lowest BCUT2D eigenvalue weighted by molar-refractivity contribution is 0.0934. The number of aryl methyl sites for hydroxylation is 1. The number of carbonyl (C=O) groups is 1. The average molecular weight is 239 g/mol. The van der Waals surface area contributed by atoms with Crippen LogP contribution in [-0.4, -0.2) is 10.9 Å². The molecule has 90 valence electrons. The molecule has 1 aromatic heterocycles. The monoisotopic (exact) mass is 239 g/mol. The molecule has 2 aromatic rings. The van der Waals surface area contributed by atoms with Crippen molar-refractivity contribution in [1.82, 2.24) is 10.3 Å². The van der Waals surface area contributed by atoms with Crippen LogP contribution in [0.15, 0.2) is 42.6 Å². The van der Waals surface area contributed by atoms with Crippen molar-refractivity contribution in [3.05, 3.63) is 59.4 Å². The van der Waals surface area contributed by atoms with E-state index >= 15 is 0 Å². The summed E-state index contributed by atoms with van der Waals surface area (Å²) in [6.07, 6.45) is 1.45. The minimum atomic E-state index is -0.271. The molecule has 2 heterocycles. The first-order valence-electron chi connectivity index (χ1n) is 5.83. The molecule has 1 aromatic carbocycles. The molecule has 0 spiro atoms. The van der Waals surface area contributed by atoms with E-state index in [0.29, 0.717) is 5.56 Å². The van der Waals surface area contributed by atoms with E-state index in [1.807, 2.05) is 43.3 Å². The largest absolute Gasteiger partial charge is 0.359 e. The maximum atomic E-state index is 12.0. The van der Waals surface area contributed by atoms with Crippen LogP contribution in [0.25, 0.3) is 0 Å². The number of rotatable bonds is 1. The summed E-state index contributed by atoms with van der Waals surface area (Å²) in [5.41, 5.74) is 3.43. The van der Waals surface area contributed by atoms with Crippen LogP contribution in [0.3, 0.4) is 0 Å². The number of anilines is 1. The third-order valence-corrected chi connectivity index (χ3v) is 3.07. The van der Waals surface area contributed by atoms with E-state index < -0.39 is 0 Å². The second kappa shape index (κ2) is 4.14. The van der Waals surface area contributed by atoms with Crippen LogP contribution in [0.4, 0.5) is 5.69 Å². The summed E-state index contributed by atoms with van der Waals surface area (Å²) in [4.78, 5) is 16.3. The van der Waals surface area contributed by atoms with Gasteiger partial charge in [0.05, 0.1) is 16.9 Å². The van der Waals surface area contributed by atoms with Crippen LogP contribution in [0, 0.1) is 6.92 Å². The number of hydrogen-bond donors (Lipinski definition) is 2. The highest BCUT2D eigenvalue weighted by Crippen LogP contribution is 2.28. The Morgan fingerprint density at radius 3 is 2.78 bits per heavy atom. The van der Waals surface area contributed by atoms with Gasteiger partial charge in [-0.25, -0.2) is 0 Å². The van der Waals surface area contributed by atoms with Gasteiger partial charge in [0.25, 0.3) is 5.91 Å². The number of carbonyl (C=O) groups excluding carboxylic acids is 1. The fraction of sp³-hybridized carbons (Fsp3) is 0.143. The minimum absolute atomic E-state index is 0.0666. The normalized spacial score (nSPS) is 17.6. The fourth-order valence-corrected chi connectivity index (χ4v) is 2.13. The standard InChI is InChI=1S/C14H13N3O/c1-9-5-4-6-10-12(9)16-13(17-14(10)18)11-7-2-3-8-15-11/h2-8,13,16H,1H3,(H,17,18)/t13-/m1/s1. The topological polar surface area (TPSA) is 54.0 Å². The molecule has 2 N–H and O–H groups in total. The lowest BCUT2D eigenvalue weighted by atomic mass is 10.0. The van der Waals surface area contributed by atoms with Gasteiger partial charge in [-0.2, -0.15) is 0 Å². The van der Waals surface area contributed by atoms with E-state index in [4.69, 9.17) is 0 Å². The molecule has 0 bridgehead atoms. The van der Waals surface area contributed by atoms with Gasteiger partial charge >= 0.3 is 0 Å². The van der Waals surface area contributed by atoms with Crippen molar-refractivity contribution in [2.24, 2.45) is 0 Å². The molecule has 1 aliphatic rings. The molecule has 0 saturated carbocycles. The molecule has 0 aliphatic carbocycles. The minimum Gasteiger partial charge on any atom is -0.359 e. The van der Waals surface area contributed by atoms with E-state index in [2.05, 4.69) is 15.6 Å². The molecule has 0 radical (unpaired) electrons. The summed E-state index contributed by atoms with van der Waals surface area (Å²) in [5.74, 6) is -0.0666. The summed E-state index contributed by atoms with van der Waals surface area (Å²) < 4.78 is 0. The number of benzene rings is 1. The first-order chi connectivity index (χ1) is 8.75. The van der Waals surface area contributed by atoms with Gasteiger partial charge in [-0.05, 0) is 30.7 Å². The van der Waals surface area contributed by atoms with Gasteiger partial charge in [0.2, 0.25) is 0 Å². The SMILES string of the molecule is Cc1cccc2c1N[C@@H](c1ccccn1)NC2=O. The Hall–Kier alpha value is -2.36. The smallest absolute Gasteiger partial charge is 0.255 e. The molecule has 3 rings (SSSR count). The molecule has 0 fully saturated rings. The lowest BCUT2D eigenvalue weighted by Gasteiger charge is -2.28. The molecule has 1 amide bonds. The maximum absolute atomic E-state index is 12.0. The quantitative estimate of drug-likeness (QED) is 0.802. The van der Waals surface area contributed by atoms with Gasteiger partial charge in [-0.15, -0.1) is 0 Å². The van der Waals surface area contributed by atoms with E-state index in [9.17, 15) is 4.79 Å². The number of fused-ring (bicyclic) bond motifs is 1. The third-order valence-electron chi connectivity index (χ3n) is 3.07. The Kier molecular flexibility index (Phi) is 2.48. The van der Waals surface area contributed by atoms with Gasteiger partial charge in [0.1, 0.15) is 6.17 Å². The molecule has 0 saturated heterocycles. The van der Waals surface area contributed by atoms with Crippen LogP contribution < -0.4 is 10.6 Å². The van der Waals surface area contributed by atoms with Gasteiger partial charge in [0.15, 0.2) is 0 Å². The lowest BCUT2D eigenvalue weighted by Crippen LogP contribution is -2.39. The average Bonchev–Trinajstić information content (AvgIpc) is 2.41. The predicted octanol–water partition coefficient (Wildman–Crippen LogP) is 2.24. The maximum Gasteiger partial charge on any atom is 0.255 e. The van der Waals surface area contributed by atoms with Crippen molar-refractivity contribution in [1.29, 1.82) is 0 Å². The zero-order valence-electron chi connectivity index (χ0n) is 9.97. The highest BCUT2D eigenvalue weighted by molar-refractivity contribution is 6.02. The summed E-state index contributed by atoms with van der Waals surface area (Å²) >= 11 is 0. The molecule has 1 atom stereocenters. The van der Waals surface area contributed by atoms with Crippen LogP contribution in [0.5, 0.6) is 0 Å². The number of aromatic nitrogens is 1. The zero-order valence-corrected chi connectivity index (χ0v) is 9.97. The van der Waals surface area contributed by atoms with Crippen LogP contribution in [0.1, 0.15) is 27.8 Å². The Balaban J connectivity index is 2.01. The van der Waals surface area contributed by atoms with Gasteiger partial charge in [-0.1, -0.05) is 18.2 Å². The predicted molar refractivity (Wildman–Crippen MR) is 69.2 cm³/mol. The number of hydrogen-bond acceptors (Lipinski definition) is 3. The molecule has 4 heteroatoms. The van der Waals surface area contributed by atoms with Gasteiger partial charge in [0, 0.05) is 6.20 Å². The highest BCUT2D eigenvalue weighted by atomic mass is 16.2. The summed E-state index contributed by atoms with van der Waals surface area (Å²) in [6, 6.07) is 11.3. The number of nitrogens with one attached hydrogen (secondary N) is 2. The van der Waals surface area contributed by atoms with Crippen molar-refractivity contribution >= 4 is 11.6 Å².